The third kappa shape index (κ3) is 3.42. The van der Waals surface area contributed by atoms with Crippen LogP contribution in [0, 0.1) is 13.8 Å². The molecule has 1 aromatic carbocycles. The van der Waals surface area contributed by atoms with Crippen molar-refractivity contribution in [3.8, 4) is 17.2 Å². The molecule has 3 aromatic heterocycles. The van der Waals surface area contributed by atoms with Gasteiger partial charge in [0.05, 0.1) is 16.7 Å². The molecule has 0 saturated heterocycles. The van der Waals surface area contributed by atoms with Crippen LogP contribution in [-0.4, -0.2) is 31.4 Å². The van der Waals surface area contributed by atoms with E-state index in [9.17, 15) is 4.79 Å². The van der Waals surface area contributed by atoms with Gasteiger partial charge in [0.15, 0.2) is 0 Å². The number of anilines is 1. The van der Waals surface area contributed by atoms with Gasteiger partial charge in [-0.2, -0.15) is 9.78 Å². The van der Waals surface area contributed by atoms with Crippen molar-refractivity contribution in [3.05, 3.63) is 75.7 Å². The molecule has 0 aliphatic carbocycles. The second kappa shape index (κ2) is 7.70. The highest BCUT2D eigenvalue weighted by Gasteiger charge is 2.33. The maximum atomic E-state index is 12.6. The molecule has 0 fully saturated rings. The summed E-state index contributed by atoms with van der Waals surface area (Å²) in [5.41, 5.74) is 4.53. The van der Waals surface area contributed by atoms with Gasteiger partial charge in [0, 0.05) is 27.4 Å². The number of amides is 1. The number of fused-ring (bicyclic) bond motifs is 1. The molecular formula is C22H19N5OS2. The molecule has 0 bridgehead atoms. The monoisotopic (exact) mass is 433 g/mol. The quantitative estimate of drug-likeness (QED) is 0.503. The average molecular weight is 434 g/mol. The SMILES string of the molecule is Cc1cc(C)nc(-n2nc(-c3ccccc3)c3c2NC(=O)CSC3c2cccs2)n1. The van der Waals surface area contributed by atoms with Crippen LogP contribution in [0.3, 0.4) is 0 Å². The third-order valence-electron chi connectivity index (χ3n) is 4.83. The summed E-state index contributed by atoms with van der Waals surface area (Å²) in [6.45, 7) is 3.86. The van der Waals surface area contributed by atoms with E-state index in [1.807, 2.05) is 56.3 Å². The first-order chi connectivity index (χ1) is 14.6. The number of thiophene rings is 1. The van der Waals surface area contributed by atoms with Gasteiger partial charge in [0.1, 0.15) is 5.82 Å². The molecule has 0 spiro atoms. The molecule has 5 rings (SSSR count). The largest absolute Gasteiger partial charge is 0.309 e. The second-order valence-electron chi connectivity index (χ2n) is 7.09. The summed E-state index contributed by atoms with van der Waals surface area (Å²) >= 11 is 3.31. The molecular weight excluding hydrogens is 414 g/mol. The number of carbonyl (C=O) groups excluding carboxylic acids is 1. The van der Waals surface area contributed by atoms with E-state index in [1.165, 1.54) is 4.88 Å². The molecule has 8 heteroatoms. The van der Waals surface area contributed by atoms with Gasteiger partial charge in [-0.05, 0) is 31.4 Å². The summed E-state index contributed by atoms with van der Waals surface area (Å²) in [5.74, 6) is 1.43. The van der Waals surface area contributed by atoms with E-state index >= 15 is 0 Å². The molecule has 1 atom stereocenters. The number of nitrogens with zero attached hydrogens (tertiary/aromatic N) is 4. The Morgan fingerprint density at radius 3 is 2.53 bits per heavy atom. The van der Waals surface area contributed by atoms with E-state index < -0.39 is 0 Å². The fourth-order valence-corrected chi connectivity index (χ4v) is 5.74. The normalized spacial score (nSPS) is 16.1. The second-order valence-corrected chi connectivity index (χ2v) is 9.17. The summed E-state index contributed by atoms with van der Waals surface area (Å²) in [6, 6.07) is 16.1. The van der Waals surface area contributed by atoms with E-state index in [4.69, 9.17) is 5.10 Å². The lowest BCUT2D eigenvalue weighted by atomic mass is 10.0. The van der Waals surface area contributed by atoms with Crippen molar-refractivity contribution in [2.75, 3.05) is 11.1 Å². The van der Waals surface area contributed by atoms with E-state index in [1.54, 1.807) is 27.8 Å². The number of hydrogen-bond donors (Lipinski definition) is 1. The number of carbonyl (C=O) groups is 1. The Balaban J connectivity index is 1.81. The third-order valence-corrected chi connectivity index (χ3v) is 7.17. The van der Waals surface area contributed by atoms with Crippen LogP contribution in [0.15, 0.2) is 53.9 Å². The number of nitrogens with one attached hydrogen (secondary N) is 1. The lowest BCUT2D eigenvalue weighted by Gasteiger charge is -2.14. The van der Waals surface area contributed by atoms with Crippen LogP contribution < -0.4 is 5.32 Å². The average Bonchev–Trinajstić information content (AvgIpc) is 3.34. The zero-order valence-corrected chi connectivity index (χ0v) is 18.1. The van der Waals surface area contributed by atoms with Crippen LogP contribution in [0.5, 0.6) is 0 Å². The molecule has 1 aliphatic heterocycles. The molecule has 1 aliphatic rings. The Hall–Kier alpha value is -2.97. The summed E-state index contributed by atoms with van der Waals surface area (Å²) in [6.07, 6.45) is 0. The summed E-state index contributed by atoms with van der Waals surface area (Å²) < 4.78 is 1.68. The Kier molecular flexibility index (Phi) is 4.88. The first-order valence-electron chi connectivity index (χ1n) is 9.56. The first-order valence-corrected chi connectivity index (χ1v) is 11.5. The molecule has 6 nitrogen and oxygen atoms in total. The van der Waals surface area contributed by atoms with Crippen molar-refractivity contribution in [2.45, 2.75) is 19.1 Å². The van der Waals surface area contributed by atoms with Gasteiger partial charge in [-0.3, -0.25) is 4.79 Å². The zero-order chi connectivity index (χ0) is 20.7. The highest BCUT2D eigenvalue weighted by atomic mass is 32.2. The molecule has 0 saturated carbocycles. The first kappa shape index (κ1) is 19.0. The van der Waals surface area contributed by atoms with Gasteiger partial charge in [-0.15, -0.1) is 23.1 Å². The highest BCUT2D eigenvalue weighted by molar-refractivity contribution is 8.00. The van der Waals surface area contributed by atoms with Crippen LogP contribution in [0.1, 0.15) is 27.1 Å². The van der Waals surface area contributed by atoms with Gasteiger partial charge < -0.3 is 5.32 Å². The topological polar surface area (TPSA) is 72.7 Å². The smallest absolute Gasteiger partial charge is 0.252 e. The van der Waals surface area contributed by atoms with Crippen LogP contribution >= 0.6 is 23.1 Å². The fraction of sp³-hybridized carbons (Fsp3) is 0.182. The fourth-order valence-electron chi connectivity index (χ4n) is 3.63. The van der Waals surface area contributed by atoms with Gasteiger partial charge >= 0.3 is 0 Å². The lowest BCUT2D eigenvalue weighted by molar-refractivity contribution is -0.113. The summed E-state index contributed by atoms with van der Waals surface area (Å²) in [4.78, 5) is 23.0. The van der Waals surface area contributed by atoms with Gasteiger partial charge in [-0.25, -0.2) is 9.97 Å². The maximum Gasteiger partial charge on any atom is 0.252 e. The Morgan fingerprint density at radius 1 is 1.07 bits per heavy atom. The summed E-state index contributed by atoms with van der Waals surface area (Å²) in [7, 11) is 0. The number of thioether (sulfide) groups is 1. The molecule has 30 heavy (non-hydrogen) atoms. The van der Waals surface area contributed by atoms with Crippen molar-refractivity contribution in [1.82, 2.24) is 19.7 Å². The van der Waals surface area contributed by atoms with E-state index in [0.29, 0.717) is 17.5 Å². The Bertz CT molecular complexity index is 1200. The standard InChI is InChI=1S/C22H19N5OS2/c1-13-11-14(2)24-22(23-13)27-21-18(19(26-27)15-7-4-3-5-8-15)20(16-9-6-10-29-16)30-12-17(28)25-21/h3-11,20H,12H2,1-2H3,(H,25,28). The minimum absolute atomic E-state index is 0.00573. The number of hydrogen-bond acceptors (Lipinski definition) is 6. The van der Waals surface area contributed by atoms with E-state index in [2.05, 4.69) is 26.7 Å². The molecule has 1 N–H and O–H groups in total. The number of aromatic nitrogens is 4. The molecule has 150 valence electrons. The predicted molar refractivity (Wildman–Crippen MR) is 121 cm³/mol. The molecule has 1 unspecified atom stereocenters. The van der Waals surface area contributed by atoms with E-state index in [-0.39, 0.29) is 11.2 Å². The minimum Gasteiger partial charge on any atom is -0.309 e. The van der Waals surface area contributed by atoms with Crippen molar-refractivity contribution in [3.63, 3.8) is 0 Å². The lowest BCUT2D eigenvalue weighted by Crippen LogP contribution is -2.17. The molecule has 4 aromatic rings. The van der Waals surface area contributed by atoms with Crippen LogP contribution in [-0.2, 0) is 4.79 Å². The molecule has 4 heterocycles. The molecule has 1 amide bonds. The summed E-state index contributed by atoms with van der Waals surface area (Å²) in [5, 5.41) is 10.1. The van der Waals surface area contributed by atoms with Crippen molar-refractivity contribution >= 4 is 34.8 Å². The van der Waals surface area contributed by atoms with Crippen molar-refractivity contribution in [2.24, 2.45) is 0 Å². The van der Waals surface area contributed by atoms with Gasteiger partial charge in [0.2, 0.25) is 5.91 Å². The predicted octanol–water partition coefficient (Wildman–Crippen LogP) is 4.78. The number of aryl methyl sites for hydroxylation is 2. The van der Waals surface area contributed by atoms with Crippen molar-refractivity contribution < 1.29 is 4.79 Å². The van der Waals surface area contributed by atoms with Crippen molar-refractivity contribution in [1.29, 1.82) is 0 Å². The Labute approximate surface area is 182 Å². The van der Waals surface area contributed by atoms with Gasteiger partial charge in [0.25, 0.3) is 5.95 Å². The number of rotatable bonds is 3. The highest BCUT2D eigenvalue weighted by Crippen LogP contribution is 2.47. The maximum absolute atomic E-state index is 12.6. The Morgan fingerprint density at radius 2 is 1.83 bits per heavy atom. The number of benzene rings is 1. The van der Waals surface area contributed by atoms with Crippen LogP contribution in [0.2, 0.25) is 0 Å². The zero-order valence-electron chi connectivity index (χ0n) is 16.5. The minimum atomic E-state index is -0.0505. The van der Waals surface area contributed by atoms with E-state index in [0.717, 1.165) is 28.2 Å². The van der Waals surface area contributed by atoms with Crippen LogP contribution in [0.25, 0.3) is 17.2 Å². The van der Waals surface area contributed by atoms with Crippen LogP contribution in [0.4, 0.5) is 5.82 Å². The molecule has 0 radical (unpaired) electrons. The van der Waals surface area contributed by atoms with Gasteiger partial charge in [-0.1, -0.05) is 36.4 Å².